The molecule has 18 heavy (non-hydrogen) atoms. The average molecular weight is 250 g/mol. The van der Waals surface area contributed by atoms with Gasteiger partial charge in [0.1, 0.15) is 0 Å². The molecule has 0 heterocycles. The molecule has 0 saturated heterocycles. The molecule has 0 bridgehead atoms. The zero-order chi connectivity index (χ0) is 13.4. The Labute approximate surface area is 108 Å². The van der Waals surface area contributed by atoms with Crippen LogP contribution in [0.2, 0.25) is 0 Å². The van der Waals surface area contributed by atoms with Crippen molar-refractivity contribution in [1.29, 1.82) is 0 Å². The summed E-state index contributed by atoms with van der Waals surface area (Å²) in [7, 11) is 0. The van der Waals surface area contributed by atoms with Gasteiger partial charge in [-0.3, -0.25) is 4.79 Å². The first-order chi connectivity index (χ1) is 8.72. The monoisotopic (exact) mass is 250 g/mol. The number of rotatable bonds is 7. The molecule has 0 aromatic heterocycles. The number of aliphatic hydroxyl groups excluding tert-OH is 1. The molecule has 1 aromatic carbocycles. The summed E-state index contributed by atoms with van der Waals surface area (Å²) in [5.41, 5.74) is 1.49. The van der Waals surface area contributed by atoms with E-state index in [0.717, 1.165) is 18.7 Å². The Hall–Kier alpha value is -1.55. The number of aliphatic hydroxyl groups is 1. The Kier molecular flexibility index (Phi) is 6.22. The SMILES string of the molecule is CCNc1ccccc1C(=O)NC(CC)CCO. The summed E-state index contributed by atoms with van der Waals surface area (Å²) in [6.07, 6.45) is 1.40. The van der Waals surface area contributed by atoms with Gasteiger partial charge in [0.15, 0.2) is 0 Å². The van der Waals surface area contributed by atoms with E-state index in [1.807, 2.05) is 32.0 Å². The minimum atomic E-state index is -0.0909. The topological polar surface area (TPSA) is 61.4 Å². The minimum Gasteiger partial charge on any atom is -0.396 e. The number of nitrogens with one attached hydrogen (secondary N) is 2. The molecule has 0 radical (unpaired) electrons. The predicted molar refractivity (Wildman–Crippen MR) is 73.9 cm³/mol. The van der Waals surface area contributed by atoms with Crippen LogP contribution in [-0.4, -0.2) is 30.2 Å². The fraction of sp³-hybridized carbons (Fsp3) is 0.500. The third-order valence-electron chi connectivity index (χ3n) is 2.84. The summed E-state index contributed by atoms with van der Waals surface area (Å²) in [6.45, 7) is 4.86. The van der Waals surface area contributed by atoms with Gasteiger partial charge in [-0.15, -0.1) is 0 Å². The molecule has 1 atom stereocenters. The molecular formula is C14H22N2O2. The molecule has 0 aliphatic rings. The number of anilines is 1. The Balaban J connectivity index is 2.76. The van der Waals surface area contributed by atoms with Crippen molar-refractivity contribution >= 4 is 11.6 Å². The number of carbonyl (C=O) groups is 1. The summed E-state index contributed by atoms with van der Waals surface area (Å²) < 4.78 is 0. The van der Waals surface area contributed by atoms with Crippen molar-refractivity contribution in [2.75, 3.05) is 18.5 Å². The van der Waals surface area contributed by atoms with Gasteiger partial charge in [0.25, 0.3) is 5.91 Å². The lowest BCUT2D eigenvalue weighted by Crippen LogP contribution is -2.35. The van der Waals surface area contributed by atoms with Crippen LogP contribution in [0.15, 0.2) is 24.3 Å². The smallest absolute Gasteiger partial charge is 0.253 e. The van der Waals surface area contributed by atoms with Crippen molar-refractivity contribution in [1.82, 2.24) is 5.32 Å². The van der Waals surface area contributed by atoms with E-state index in [4.69, 9.17) is 5.11 Å². The summed E-state index contributed by atoms with van der Waals surface area (Å²) in [6, 6.07) is 7.48. The number of carbonyl (C=O) groups excluding carboxylic acids is 1. The lowest BCUT2D eigenvalue weighted by molar-refractivity contribution is 0.0930. The lowest BCUT2D eigenvalue weighted by atomic mass is 10.1. The fourth-order valence-corrected chi connectivity index (χ4v) is 1.82. The van der Waals surface area contributed by atoms with E-state index < -0.39 is 0 Å². The Morgan fingerprint density at radius 2 is 2.06 bits per heavy atom. The van der Waals surface area contributed by atoms with Crippen molar-refractivity contribution in [3.8, 4) is 0 Å². The fourth-order valence-electron chi connectivity index (χ4n) is 1.82. The number of benzene rings is 1. The highest BCUT2D eigenvalue weighted by atomic mass is 16.3. The highest BCUT2D eigenvalue weighted by molar-refractivity contribution is 5.99. The minimum absolute atomic E-state index is 0.0252. The molecule has 4 heteroatoms. The van der Waals surface area contributed by atoms with Gasteiger partial charge in [0.2, 0.25) is 0 Å². The maximum absolute atomic E-state index is 12.2. The summed E-state index contributed by atoms with van der Waals surface area (Å²) >= 11 is 0. The summed E-state index contributed by atoms with van der Waals surface area (Å²) in [4.78, 5) is 12.2. The van der Waals surface area contributed by atoms with Gasteiger partial charge in [-0.05, 0) is 31.9 Å². The van der Waals surface area contributed by atoms with Crippen molar-refractivity contribution < 1.29 is 9.90 Å². The molecule has 1 unspecified atom stereocenters. The average Bonchev–Trinajstić information content (AvgIpc) is 2.39. The van der Waals surface area contributed by atoms with E-state index in [0.29, 0.717) is 12.0 Å². The Bertz CT molecular complexity index is 380. The van der Waals surface area contributed by atoms with Crippen LogP contribution in [0.4, 0.5) is 5.69 Å². The van der Waals surface area contributed by atoms with Crippen LogP contribution in [0.5, 0.6) is 0 Å². The second-order valence-corrected chi connectivity index (χ2v) is 4.17. The first-order valence-electron chi connectivity index (χ1n) is 6.47. The van der Waals surface area contributed by atoms with Crippen LogP contribution in [0.3, 0.4) is 0 Å². The van der Waals surface area contributed by atoms with E-state index in [2.05, 4.69) is 10.6 Å². The highest BCUT2D eigenvalue weighted by Gasteiger charge is 2.14. The zero-order valence-electron chi connectivity index (χ0n) is 11.1. The number of para-hydroxylation sites is 1. The molecule has 4 nitrogen and oxygen atoms in total. The first kappa shape index (κ1) is 14.5. The van der Waals surface area contributed by atoms with Gasteiger partial charge in [0, 0.05) is 24.9 Å². The standard InChI is InChI=1S/C14H22N2O2/c1-3-11(9-10-17)16-14(18)12-7-5-6-8-13(12)15-4-2/h5-8,11,15,17H,3-4,9-10H2,1-2H3,(H,16,18). The Morgan fingerprint density at radius 1 is 1.33 bits per heavy atom. The predicted octanol–water partition coefficient (Wildman–Crippen LogP) is 2.01. The van der Waals surface area contributed by atoms with E-state index >= 15 is 0 Å². The van der Waals surface area contributed by atoms with Crippen molar-refractivity contribution in [2.45, 2.75) is 32.7 Å². The van der Waals surface area contributed by atoms with Gasteiger partial charge in [-0.2, -0.15) is 0 Å². The lowest BCUT2D eigenvalue weighted by Gasteiger charge is -2.17. The first-order valence-corrected chi connectivity index (χ1v) is 6.47. The maximum atomic E-state index is 12.2. The molecule has 1 aromatic rings. The second-order valence-electron chi connectivity index (χ2n) is 4.17. The van der Waals surface area contributed by atoms with E-state index in [1.54, 1.807) is 6.07 Å². The molecule has 1 rings (SSSR count). The molecule has 0 aliphatic heterocycles. The van der Waals surface area contributed by atoms with Crippen LogP contribution in [0.1, 0.15) is 37.0 Å². The molecule has 1 amide bonds. The van der Waals surface area contributed by atoms with Crippen LogP contribution in [0, 0.1) is 0 Å². The summed E-state index contributed by atoms with van der Waals surface area (Å²) in [5, 5.41) is 15.0. The molecule has 0 aliphatic carbocycles. The van der Waals surface area contributed by atoms with Crippen molar-refractivity contribution in [3.05, 3.63) is 29.8 Å². The summed E-state index contributed by atoms with van der Waals surface area (Å²) in [5.74, 6) is -0.0909. The van der Waals surface area contributed by atoms with Gasteiger partial charge in [-0.1, -0.05) is 19.1 Å². The van der Waals surface area contributed by atoms with Gasteiger partial charge in [0.05, 0.1) is 5.56 Å². The largest absolute Gasteiger partial charge is 0.396 e. The number of hydrogen-bond acceptors (Lipinski definition) is 3. The number of hydrogen-bond donors (Lipinski definition) is 3. The highest BCUT2D eigenvalue weighted by Crippen LogP contribution is 2.15. The Morgan fingerprint density at radius 3 is 2.67 bits per heavy atom. The quantitative estimate of drug-likeness (QED) is 0.693. The van der Waals surface area contributed by atoms with E-state index in [-0.39, 0.29) is 18.6 Å². The normalized spacial score (nSPS) is 11.9. The third kappa shape index (κ3) is 4.04. The molecule has 0 fully saturated rings. The van der Waals surface area contributed by atoms with Gasteiger partial charge < -0.3 is 15.7 Å². The maximum Gasteiger partial charge on any atom is 0.253 e. The van der Waals surface area contributed by atoms with Crippen molar-refractivity contribution in [2.24, 2.45) is 0 Å². The molecule has 3 N–H and O–H groups in total. The zero-order valence-corrected chi connectivity index (χ0v) is 11.1. The molecule has 0 saturated carbocycles. The number of amides is 1. The second kappa shape index (κ2) is 7.71. The van der Waals surface area contributed by atoms with Crippen LogP contribution < -0.4 is 10.6 Å². The van der Waals surface area contributed by atoms with Gasteiger partial charge >= 0.3 is 0 Å². The van der Waals surface area contributed by atoms with E-state index in [9.17, 15) is 4.79 Å². The van der Waals surface area contributed by atoms with Crippen LogP contribution in [0.25, 0.3) is 0 Å². The van der Waals surface area contributed by atoms with Crippen LogP contribution >= 0.6 is 0 Å². The van der Waals surface area contributed by atoms with E-state index in [1.165, 1.54) is 0 Å². The van der Waals surface area contributed by atoms with Gasteiger partial charge in [-0.25, -0.2) is 0 Å². The van der Waals surface area contributed by atoms with Crippen molar-refractivity contribution in [3.63, 3.8) is 0 Å². The molecular weight excluding hydrogens is 228 g/mol. The molecule has 0 spiro atoms. The van der Waals surface area contributed by atoms with Crippen LogP contribution in [-0.2, 0) is 0 Å². The third-order valence-corrected chi connectivity index (χ3v) is 2.84. The molecule has 100 valence electrons.